The Balaban J connectivity index is 1.82. The van der Waals surface area contributed by atoms with E-state index < -0.39 is 11.7 Å². The summed E-state index contributed by atoms with van der Waals surface area (Å²) in [6.45, 7) is 0.710. The molecular weight excluding hydrogens is 257 g/mol. The molecule has 0 bridgehead atoms. The van der Waals surface area contributed by atoms with Gasteiger partial charge in [0.15, 0.2) is 5.65 Å². The average molecular weight is 270 g/mol. The van der Waals surface area contributed by atoms with Crippen molar-refractivity contribution in [1.82, 2.24) is 19.9 Å². The molecule has 1 aliphatic rings. The van der Waals surface area contributed by atoms with Crippen LogP contribution in [-0.2, 0) is 12.6 Å². The van der Waals surface area contributed by atoms with E-state index >= 15 is 0 Å². The number of nitrogens with zero attached hydrogens (tertiary/aromatic N) is 3. The Morgan fingerprint density at radius 3 is 2.74 bits per heavy atom. The molecule has 0 radical (unpaired) electrons. The van der Waals surface area contributed by atoms with E-state index in [2.05, 4.69) is 15.5 Å². The fourth-order valence-corrected chi connectivity index (χ4v) is 1.95. The lowest BCUT2D eigenvalue weighted by molar-refractivity contribution is -0.137. The molecule has 1 N–H and O–H groups in total. The molecular formula is C12H13F3N4. The molecule has 2 aromatic rings. The van der Waals surface area contributed by atoms with Crippen LogP contribution in [0.5, 0.6) is 0 Å². The molecule has 3 rings (SSSR count). The first kappa shape index (κ1) is 12.4. The van der Waals surface area contributed by atoms with E-state index in [-0.39, 0.29) is 0 Å². The zero-order chi connectivity index (χ0) is 13.5. The SMILES string of the molecule is FC(F)(F)c1ccc2nnc(CCNC3CC3)n2c1. The first-order valence-electron chi connectivity index (χ1n) is 6.18. The lowest BCUT2D eigenvalue weighted by Gasteiger charge is -2.07. The minimum absolute atomic E-state index is 0.439. The Hall–Kier alpha value is -1.63. The lowest BCUT2D eigenvalue weighted by Crippen LogP contribution is -2.20. The number of hydrogen-bond acceptors (Lipinski definition) is 3. The molecule has 1 fully saturated rings. The smallest absolute Gasteiger partial charge is 0.314 e. The van der Waals surface area contributed by atoms with Crippen LogP contribution in [0.3, 0.4) is 0 Å². The minimum atomic E-state index is -4.35. The molecule has 0 saturated heterocycles. The molecule has 0 aromatic carbocycles. The molecule has 1 saturated carbocycles. The highest BCUT2D eigenvalue weighted by atomic mass is 19.4. The Morgan fingerprint density at radius 2 is 2.05 bits per heavy atom. The van der Waals surface area contributed by atoms with Gasteiger partial charge >= 0.3 is 6.18 Å². The fourth-order valence-electron chi connectivity index (χ4n) is 1.95. The van der Waals surface area contributed by atoms with Crippen LogP contribution in [-0.4, -0.2) is 27.2 Å². The molecule has 102 valence electrons. The molecule has 0 unspecified atom stereocenters. The van der Waals surface area contributed by atoms with E-state index in [1.165, 1.54) is 23.3 Å². The number of fused-ring (bicyclic) bond motifs is 1. The molecule has 4 nitrogen and oxygen atoms in total. The third-order valence-corrected chi connectivity index (χ3v) is 3.16. The molecule has 7 heteroatoms. The molecule has 0 amide bonds. The van der Waals surface area contributed by atoms with E-state index in [1.807, 2.05) is 0 Å². The number of alkyl halides is 3. The Kier molecular flexibility index (Phi) is 2.93. The van der Waals surface area contributed by atoms with Crippen molar-refractivity contribution >= 4 is 5.65 Å². The second-order valence-corrected chi connectivity index (χ2v) is 4.74. The fraction of sp³-hybridized carbons (Fsp3) is 0.500. The van der Waals surface area contributed by atoms with Crippen molar-refractivity contribution in [2.45, 2.75) is 31.5 Å². The largest absolute Gasteiger partial charge is 0.417 e. The van der Waals surface area contributed by atoms with E-state index in [0.717, 1.165) is 12.3 Å². The summed E-state index contributed by atoms with van der Waals surface area (Å²) in [4.78, 5) is 0. The first-order valence-corrected chi connectivity index (χ1v) is 6.18. The molecule has 0 spiro atoms. The second kappa shape index (κ2) is 4.48. The third-order valence-electron chi connectivity index (χ3n) is 3.16. The van der Waals surface area contributed by atoms with Gasteiger partial charge in [-0.1, -0.05) is 0 Å². The lowest BCUT2D eigenvalue weighted by atomic mass is 10.2. The van der Waals surface area contributed by atoms with E-state index in [1.54, 1.807) is 0 Å². The molecule has 1 aliphatic carbocycles. The summed E-state index contributed by atoms with van der Waals surface area (Å²) in [6, 6.07) is 2.94. The number of rotatable bonds is 4. The van der Waals surface area contributed by atoms with Crippen molar-refractivity contribution in [1.29, 1.82) is 0 Å². The first-order chi connectivity index (χ1) is 9.04. The summed E-state index contributed by atoms with van der Waals surface area (Å²) in [5.74, 6) is 0.550. The Bertz CT molecular complexity index is 586. The second-order valence-electron chi connectivity index (χ2n) is 4.74. The minimum Gasteiger partial charge on any atom is -0.314 e. The monoisotopic (exact) mass is 270 g/mol. The van der Waals surface area contributed by atoms with Crippen LogP contribution in [0, 0.1) is 0 Å². The van der Waals surface area contributed by atoms with Gasteiger partial charge in [0.1, 0.15) is 5.82 Å². The highest BCUT2D eigenvalue weighted by Crippen LogP contribution is 2.29. The van der Waals surface area contributed by atoms with Crippen LogP contribution in [0.2, 0.25) is 0 Å². The molecule has 19 heavy (non-hydrogen) atoms. The maximum atomic E-state index is 12.7. The quantitative estimate of drug-likeness (QED) is 0.924. The van der Waals surface area contributed by atoms with Crippen LogP contribution in [0.4, 0.5) is 13.2 Å². The number of hydrogen-bond donors (Lipinski definition) is 1. The number of pyridine rings is 1. The summed E-state index contributed by atoms with van der Waals surface area (Å²) in [5.41, 5.74) is -0.245. The van der Waals surface area contributed by atoms with Gasteiger partial charge in [0.2, 0.25) is 0 Å². The van der Waals surface area contributed by atoms with Gasteiger partial charge in [0.25, 0.3) is 0 Å². The zero-order valence-electron chi connectivity index (χ0n) is 10.1. The van der Waals surface area contributed by atoms with Gasteiger partial charge in [-0.3, -0.25) is 4.40 Å². The van der Waals surface area contributed by atoms with Crippen LogP contribution in [0.25, 0.3) is 5.65 Å². The number of nitrogens with one attached hydrogen (secondary N) is 1. The topological polar surface area (TPSA) is 42.2 Å². The van der Waals surface area contributed by atoms with E-state index in [0.29, 0.717) is 30.5 Å². The van der Waals surface area contributed by atoms with Crippen molar-refractivity contribution < 1.29 is 13.2 Å². The van der Waals surface area contributed by atoms with Crippen molar-refractivity contribution in [2.24, 2.45) is 0 Å². The number of halogens is 3. The Labute approximate surface area is 107 Å². The predicted molar refractivity (Wildman–Crippen MR) is 62.7 cm³/mol. The van der Waals surface area contributed by atoms with Gasteiger partial charge in [-0.05, 0) is 25.0 Å². The maximum Gasteiger partial charge on any atom is 0.417 e. The summed E-state index contributed by atoms with van der Waals surface area (Å²) in [6.07, 6.45) is -0.361. The van der Waals surface area contributed by atoms with Crippen LogP contribution >= 0.6 is 0 Å². The van der Waals surface area contributed by atoms with Gasteiger partial charge in [0.05, 0.1) is 5.56 Å². The summed E-state index contributed by atoms with van der Waals surface area (Å²) in [5, 5.41) is 11.1. The van der Waals surface area contributed by atoms with Crippen molar-refractivity contribution in [3.05, 3.63) is 29.7 Å². The maximum absolute atomic E-state index is 12.7. The average Bonchev–Trinajstić information content (AvgIpc) is 3.08. The standard InChI is InChI=1S/C12H13F3N4/c13-12(14,15)8-1-4-10-17-18-11(19(10)7-8)5-6-16-9-2-3-9/h1,4,7,9,16H,2-3,5-6H2. The predicted octanol–water partition coefficient (Wildman–Crippen LogP) is 2.04. The van der Waals surface area contributed by atoms with E-state index in [9.17, 15) is 13.2 Å². The Morgan fingerprint density at radius 1 is 1.26 bits per heavy atom. The highest BCUT2D eigenvalue weighted by Gasteiger charge is 2.31. The van der Waals surface area contributed by atoms with Crippen LogP contribution in [0.15, 0.2) is 18.3 Å². The van der Waals surface area contributed by atoms with Crippen LogP contribution < -0.4 is 5.32 Å². The highest BCUT2D eigenvalue weighted by molar-refractivity contribution is 5.40. The van der Waals surface area contributed by atoms with Gasteiger partial charge in [-0.2, -0.15) is 13.2 Å². The van der Waals surface area contributed by atoms with E-state index in [4.69, 9.17) is 0 Å². The number of aromatic nitrogens is 3. The molecule has 0 aliphatic heterocycles. The third kappa shape index (κ3) is 2.70. The summed E-state index contributed by atoms with van der Waals surface area (Å²) in [7, 11) is 0. The van der Waals surface area contributed by atoms with Gasteiger partial charge < -0.3 is 5.32 Å². The van der Waals surface area contributed by atoms with Gasteiger partial charge in [0, 0.05) is 25.2 Å². The van der Waals surface area contributed by atoms with Crippen molar-refractivity contribution in [3.8, 4) is 0 Å². The van der Waals surface area contributed by atoms with Gasteiger partial charge in [-0.15, -0.1) is 10.2 Å². The molecule has 2 heterocycles. The van der Waals surface area contributed by atoms with Crippen molar-refractivity contribution in [3.63, 3.8) is 0 Å². The molecule has 0 atom stereocenters. The summed E-state index contributed by atoms with van der Waals surface area (Å²) >= 11 is 0. The van der Waals surface area contributed by atoms with Crippen LogP contribution in [0.1, 0.15) is 24.2 Å². The molecule has 2 aromatic heterocycles. The summed E-state index contributed by atoms with van der Waals surface area (Å²) < 4.78 is 39.4. The van der Waals surface area contributed by atoms with Crippen molar-refractivity contribution in [2.75, 3.05) is 6.54 Å². The zero-order valence-corrected chi connectivity index (χ0v) is 10.1. The van der Waals surface area contributed by atoms with Gasteiger partial charge in [-0.25, -0.2) is 0 Å². The normalized spacial score (nSPS) is 16.2.